The largest absolute Gasteiger partial charge is 1.00 e. The second kappa shape index (κ2) is 21.1. The minimum Gasteiger partial charge on any atom is -0.756 e. The SMILES string of the molecule is CC(C)(COP(=O)([O-])OP(=O)([O-])OCC1OC(n2cnc3c(N)ncnc32)C(O)C1OP(=O)([O-])O)C(O)C(=O)NCCC(=O)NCCSC(=O)CCC(=O)O.[Li+]. The molecule has 1 aliphatic heterocycles. The number of amides is 2. The number of carboxylic acids is 1. The number of hydrogen-bond donors (Lipinski definition) is 7. The van der Waals surface area contributed by atoms with Crippen molar-refractivity contribution in [2.75, 3.05) is 37.8 Å². The van der Waals surface area contributed by atoms with E-state index < -0.39 is 90.5 Å². The third-order valence-corrected chi connectivity index (χ3v) is 11.2. The third-order valence-electron chi connectivity index (χ3n) is 7.29. The van der Waals surface area contributed by atoms with Crippen molar-refractivity contribution in [2.45, 2.75) is 63.8 Å². The van der Waals surface area contributed by atoms with Crippen LogP contribution < -0.4 is 49.9 Å². The first kappa shape index (κ1) is 49.8. The van der Waals surface area contributed by atoms with Crippen LogP contribution in [0.25, 0.3) is 11.2 Å². The van der Waals surface area contributed by atoms with E-state index in [2.05, 4.69) is 43.5 Å². The molecule has 2 amide bonds. The Morgan fingerprint density at radius 1 is 1.05 bits per heavy atom. The van der Waals surface area contributed by atoms with E-state index in [1.807, 2.05) is 0 Å². The maximum atomic E-state index is 12.5. The number of nitrogens with one attached hydrogen (secondary N) is 2. The van der Waals surface area contributed by atoms with E-state index in [1.54, 1.807) is 0 Å². The monoisotopic (exact) mass is 871 g/mol. The van der Waals surface area contributed by atoms with Crippen LogP contribution in [0.15, 0.2) is 12.7 Å². The van der Waals surface area contributed by atoms with Gasteiger partial charge in [-0.15, -0.1) is 0 Å². The van der Waals surface area contributed by atoms with Crippen molar-refractivity contribution in [1.29, 1.82) is 0 Å². The fraction of sp³-hybridized carbons (Fsp3) is 0.640. The van der Waals surface area contributed by atoms with Gasteiger partial charge in [0.05, 0.1) is 26.0 Å². The number of phosphoric acid groups is 3. The van der Waals surface area contributed by atoms with Crippen LogP contribution in [-0.4, -0.2) is 119 Å². The summed E-state index contributed by atoms with van der Waals surface area (Å²) in [4.78, 5) is 104. The van der Waals surface area contributed by atoms with Crippen molar-refractivity contribution < 1.29 is 109 Å². The molecule has 0 radical (unpaired) electrons. The van der Waals surface area contributed by atoms with Crippen LogP contribution in [0.2, 0.25) is 0 Å². The molecule has 0 saturated carbocycles. The van der Waals surface area contributed by atoms with E-state index in [0.29, 0.717) is 0 Å². The van der Waals surface area contributed by atoms with Gasteiger partial charge in [-0.2, -0.15) is 0 Å². The standard InChI is InChI=1S/C25H40N7O19P3S.Li/c1-25(2,20(38)23(39)28-6-5-14(33)27-7-8-55-16(36)4-3-15(34)35)10-48-54(45,46)51-53(43,44)47-9-13-19(50-52(40,41)42)18(37)24(49-13)32-12-31-17-21(26)29-11-30-22(17)32;/h11-13,18-20,24,37-38H,3-10H2,1-2H3,(H,27,33)(H,28,39)(H,34,35)(H,43,44)(H,45,46)(H2,26,29,30)(H2,40,41,42);/q;+1/p-3. The molecule has 3 rings (SSSR count). The van der Waals surface area contributed by atoms with Crippen molar-refractivity contribution >= 4 is 75.1 Å². The van der Waals surface area contributed by atoms with Crippen molar-refractivity contribution in [1.82, 2.24) is 30.2 Å². The number of nitrogens with zero attached hydrogens (tertiary/aromatic N) is 4. The first-order valence-corrected chi connectivity index (χ1v) is 21.0. The summed E-state index contributed by atoms with van der Waals surface area (Å²) in [5, 5.41) is 34.2. The van der Waals surface area contributed by atoms with Crippen molar-refractivity contribution in [3.8, 4) is 0 Å². The Hall–Kier alpha value is -2.37. The fourth-order valence-corrected chi connectivity index (χ4v) is 7.98. The summed E-state index contributed by atoms with van der Waals surface area (Å²) >= 11 is 0.839. The third kappa shape index (κ3) is 15.4. The summed E-state index contributed by atoms with van der Waals surface area (Å²) in [5.41, 5.74) is 4.05. The summed E-state index contributed by atoms with van der Waals surface area (Å²) in [7, 11) is -17.4. The van der Waals surface area contributed by atoms with Gasteiger partial charge in [-0.25, -0.2) is 19.3 Å². The van der Waals surface area contributed by atoms with Crippen LogP contribution in [0.4, 0.5) is 5.82 Å². The molecule has 2 aromatic heterocycles. The Kier molecular flexibility index (Phi) is 18.7. The molecule has 8 N–H and O–H groups in total. The number of aromatic nitrogens is 4. The number of hydrogen-bond acceptors (Lipinski definition) is 22. The number of thioether (sulfide) groups is 1. The summed E-state index contributed by atoms with van der Waals surface area (Å²) in [5.74, 6) is -2.61. The number of phosphoric ester groups is 3. The number of ether oxygens (including phenoxy) is 1. The number of carbonyl (C=O) groups excluding carboxylic acids is 3. The molecule has 0 bridgehead atoms. The number of anilines is 1. The number of rotatable bonds is 22. The number of carboxylic acid groups (broad SMARTS) is 1. The number of aliphatic hydroxyl groups excluding tert-OH is 2. The maximum absolute atomic E-state index is 12.5. The Bertz CT molecular complexity index is 1850. The second-order valence-electron chi connectivity index (χ2n) is 12.1. The van der Waals surface area contributed by atoms with Crippen LogP contribution in [0.1, 0.15) is 39.3 Å². The number of nitrogens with two attached hydrogens (primary N) is 1. The van der Waals surface area contributed by atoms with E-state index in [9.17, 15) is 62.7 Å². The normalized spacial score (nSPS) is 22.2. The molecule has 1 saturated heterocycles. The van der Waals surface area contributed by atoms with Crippen LogP contribution in [0, 0.1) is 5.41 Å². The first-order chi connectivity index (χ1) is 25.4. The molecule has 0 aromatic carbocycles. The molecule has 26 nitrogen and oxygen atoms in total. The Morgan fingerprint density at radius 3 is 2.36 bits per heavy atom. The Balaban J connectivity index is 0.0000108. The quantitative estimate of drug-likeness (QED) is 0.0329. The zero-order chi connectivity index (χ0) is 41.4. The maximum Gasteiger partial charge on any atom is 1.00 e. The molecular weight excluding hydrogens is 834 g/mol. The van der Waals surface area contributed by atoms with Gasteiger partial charge in [-0.3, -0.25) is 37.4 Å². The van der Waals surface area contributed by atoms with E-state index >= 15 is 0 Å². The predicted octanol–water partition coefficient (Wildman–Crippen LogP) is -6.36. The number of aliphatic hydroxyl groups is 2. The van der Waals surface area contributed by atoms with Gasteiger partial charge in [-0.05, 0) is 0 Å². The Labute approximate surface area is 333 Å². The minimum absolute atomic E-state index is 0. The van der Waals surface area contributed by atoms with Crippen LogP contribution in [0.5, 0.6) is 0 Å². The minimum atomic E-state index is -5.91. The molecule has 3 heterocycles. The molecule has 1 fully saturated rings. The average molecular weight is 872 g/mol. The molecule has 1 aliphatic rings. The van der Waals surface area contributed by atoms with E-state index in [4.69, 9.17) is 15.6 Å². The van der Waals surface area contributed by atoms with Crippen LogP contribution in [-0.2, 0) is 55.5 Å². The predicted molar refractivity (Wildman–Crippen MR) is 177 cm³/mol. The summed E-state index contributed by atoms with van der Waals surface area (Å²) in [6.07, 6.45) is -8.03. The Morgan fingerprint density at radius 2 is 1.71 bits per heavy atom. The van der Waals surface area contributed by atoms with Crippen molar-refractivity contribution in [2.24, 2.45) is 5.41 Å². The summed E-state index contributed by atoms with van der Waals surface area (Å²) in [6.45, 7) is -0.136. The smallest absolute Gasteiger partial charge is 0.756 e. The van der Waals surface area contributed by atoms with Crippen LogP contribution >= 0.6 is 35.2 Å². The molecule has 56 heavy (non-hydrogen) atoms. The van der Waals surface area contributed by atoms with Gasteiger partial charge in [0.2, 0.25) is 11.8 Å². The van der Waals surface area contributed by atoms with E-state index in [1.165, 1.54) is 13.8 Å². The van der Waals surface area contributed by atoms with Gasteiger partial charge >= 0.3 is 24.8 Å². The molecule has 0 aliphatic carbocycles. The topological polar surface area (TPSA) is 409 Å². The first-order valence-electron chi connectivity index (χ1n) is 15.6. The number of aliphatic carboxylic acids is 1. The number of imidazole rings is 1. The van der Waals surface area contributed by atoms with Crippen molar-refractivity contribution in [3.63, 3.8) is 0 Å². The van der Waals surface area contributed by atoms with Crippen molar-refractivity contribution in [3.05, 3.63) is 12.7 Å². The molecule has 8 unspecified atom stereocenters. The molecule has 8 atom stereocenters. The molecular formula is C25H37LiN7O19P3S-2. The average Bonchev–Trinajstić information content (AvgIpc) is 3.63. The zero-order valence-electron chi connectivity index (χ0n) is 29.7. The molecule has 310 valence electrons. The number of fused-ring (bicyclic) bond motifs is 1. The van der Waals surface area contributed by atoms with Crippen LogP contribution in [0.3, 0.4) is 0 Å². The van der Waals surface area contributed by atoms with E-state index in [0.717, 1.165) is 29.0 Å². The molecule has 31 heteroatoms. The van der Waals surface area contributed by atoms with E-state index in [-0.39, 0.29) is 79.1 Å². The van der Waals surface area contributed by atoms with Gasteiger partial charge in [0.1, 0.15) is 36.3 Å². The van der Waals surface area contributed by atoms with Gasteiger partial charge in [0, 0.05) is 37.1 Å². The second-order valence-corrected chi connectivity index (χ2v) is 17.4. The fourth-order valence-electron chi connectivity index (χ4n) is 4.56. The zero-order valence-corrected chi connectivity index (χ0v) is 33.2. The van der Waals surface area contributed by atoms with Gasteiger partial charge in [0.25, 0.3) is 23.5 Å². The summed E-state index contributed by atoms with van der Waals surface area (Å²) in [6, 6.07) is 0. The number of carbonyl (C=O) groups is 4. The molecule has 0 spiro atoms. The molecule has 2 aromatic rings. The van der Waals surface area contributed by atoms with Gasteiger partial charge < -0.3 is 69.6 Å². The van der Waals surface area contributed by atoms with Gasteiger partial charge in [-0.1, -0.05) is 25.6 Å². The number of nitrogen functional groups attached to an aromatic ring is 1. The summed E-state index contributed by atoms with van der Waals surface area (Å²) < 4.78 is 60.6. The van der Waals surface area contributed by atoms with Gasteiger partial charge in [0.15, 0.2) is 22.8 Å².